The zero-order valence-electron chi connectivity index (χ0n) is 14.9. The predicted octanol–water partition coefficient (Wildman–Crippen LogP) is 2.28. The first kappa shape index (κ1) is 17.0. The highest BCUT2D eigenvalue weighted by Gasteiger charge is 2.31. The minimum absolute atomic E-state index is 0.0127. The van der Waals surface area contributed by atoms with E-state index in [1.54, 1.807) is 4.68 Å². The van der Waals surface area contributed by atoms with Crippen LogP contribution in [0.5, 0.6) is 0 Å². The van der Waals surface area contributed by atoms with E-state index in [2.05, 4.69) is 36.1 Å². The second kappa shape index (κ2) is 6.41. The fourth-order valence-electron chi connectivity index (χ4n) is 3.34. The topological polar surface area (TPSA) is 50.2 Å². The lowest BCUT2D eigenvalue weighted by molar-refractivity contribution is 0.0657. The Morgan fingerprint density at radius 1 is 1.41 bits per heavy atom. The molecule has 5 heteroatoms. The van der Waals surface area contributed by atoms with Crippen LogP contribution in [0.15, 0.2) is 0 Å². The van der Waals surface area contributed by atoms with E-state index >= 15 is 0 Å². The molecule has 5 nitrogen and oxygen atoms in total. The fraction of sp³-hybridized carbons (Fsp3) is 0.765. The molecule has 1 N–H and O–H groups in total. The van der Waals surface area contributed by atoms with Crippen molar-refractivity contribution in [3.05, 3.63) is 17.0 Å². The summed E-state index contributed by atoms with van der Waals surface area (Å²) in [6.07, 6.45) is 2.56. The number of amides is 1. The molecule has 1 aliphatic rings. The summed E-state index contributed by atoms with van der Waals surface area (Å²) in [5, 5.41) is 7.43. The van der Waals surface area contributed by atoms with Gasteiger partial charge in [-0.1, -0.05) is 6.92 Å². The molecular formula is C17H30N4O. The molecule has 1 aromatic rings. The van der Waals surface area contributed by atoms with Crippen molar-refractivity contribution in [3.63, 3.8) is 0 Å². The quantitative estimate of drug-likeness (QED) is 0.928. The molecule has 1 fully saturated rings. The first-order valence-corrected chi connectivity index (χ1v) is 8.26. The standard InChI is InChI=1S/C17H30N4O/c1-12-8-7-9-21(10-12)17(4,5)11-18-16(22)15-13(2)19-20(6)14(15)3/h12H,7-11H2,1-6H3,(H,18,22)/t12-/m0/s1. The highest BCUT2D eigenvalue weighted by molar-refractivity contribution is 5.96. The van der Waals surface area contributed by atoms with Crippen LogP contribution in [0, 0.1) is 19.8 Å². The average Bonchev–Trinajstić information content (AvgIpc) is 2.70. The van der Waals surface area contributed by atoms with Crippen LogP contribution in [0.4, 0.5) is 0 Å². The van der Waals surface area contributed by atoms with Crippen molar-refractivity contribution in [1.29, 1.82) is 0 Å². The maximum absolute atomic E-state index is 12.5. The Morgan fingerprint density at radius 3 is 2.64 bits per heavy atom. The Hall–Kier alpha value is -1.36. The maximum atomic E-state index is 12.5. The normalized spacial score (nSPS) is 20.2. The number of nitrogens with zero attached hydrogens (tertiary/aromatic N) is 3. The molecule has 0 saturated carbocycles. The van der Waals surface area contributed by atoms with Crippen LogP contribution >= 0.6 is 0 Å². The van der Waals surface area contributed by atoms with E-state index in [4.69, 9.17) is 0 Å². The van der Waals surface area contributed by atoms with Gasteiger partial charge in [0, 0.05) is 31.4 Å². The van der Waals surface area contributed by atoms with Crippen molar-refractivity contribution < 1.29 is 4.79 Å². The lowest BCUT2D eigenvalue weighted by Gasteiger charge is -2.43. The van der Waals surface area contributed by atoms with Crippen molar-refractivity contribution in [2.24, 2.45) is 13.0 Å². The summed E-state index contributed by atoms with van der Waals surface area (Å²) in [6.45, 7) is 13.5. The van der Waals surface area contributed by atoms with Gasteiger partial charge in [-0.2, -0.15) is 5.10 Å². The van der Waals surface area contributed by atoms with Gasteiger partial charge in [-0.25, -0.2) is 0 Å². The lowest BCUT2D eigenvalue weighted by Crippen LogP contribution is -2.54. The van der Waals surface area contributed by atoms with Crippen LogP contribution in [0.25, 0.3) is 0 Å². The van der Waals surface area contributed by atoms with Crippen molar-refractivity contribution in [2.45, 2.75) is 53.0 Å². The molecule has 124 valence electrons. The second-order valence-corrected chi connectivity index (χ2v) is 7.36. The van der Waals surface area contributed by atoms with Crippen LogP contribution in [0.3, 0.4) is 0 Å². The summed E-state index contributed by atoms with van der Waals surface area (Å²) >= 11 is 0. The number of likely N-dealkylation sites (tertiary alicyclic amines) is 1. The third-order valence-electron chi connectivity index (χ3n) is 4.93. The molecule has 0 bridgehead atoms. The third-order valence-corrected chi connectivity index (χ3v) is 4.93. The van der Waals surface area contributed by atoms with Gasteiger partial charge in [0.05, 0.1) is 11.3 Å². The first-order chi connectivity index (χ1) is 10.2. The molecule has 1 saturated heterocycles. The van der Waals surface area contributed by atoms with Gasteiger partial charge in [0.1, 0.15) is 0 Å². The summed E-state index contributed by atoms with van der Waals surface area (Å²) in [6, 6.07) is 0. The second-order valence-electron chi connectivity index (χ2n) is 7.36. The monoisotopic (exact) mass is 306 g/mol. The Bertz CT molecular complexity index is 547. The van der Waals surface area contributed by atoms with Gasteiger partial charge in [0.2, 0.25) is 0 Å². The van der Waals surface area contributed by atoms with Crippen LogP contribution in [0.2, 0.25) is 0 Å². The molecule has 22 heavy (non-hydrogen) atoms. The van der Waals surface area contributed by atoms with E-state index in [-0.39, 0.29) is 11.4 Å². The smallest absolute Gasteiger partial charge is 0.255 e. The SMILES string of the molecule is Cc1nn(C)c(C)c1C(=O)NCC(C)(C)N1CCC[C@H](C)C1. The molecule has 1 aromatic heterocycles. The number of aromatic nitrogens is 2. The average molecular weight is 306 g/mol. The van der Waals surface area contributed by atoms with E-state index in [0.717, 1.165) is 30.4 Å². The van der Waals surface area contributed by atoms with Crippen LogP contribution in [-0.4, -0.2) is 45.8 Å². The highest BCUT2D eigenvalue weighted by Crippen LogP contribution is 2.23. The van der Waals surface area contributed by atoms with Gasteiger partial charge in [-0.3, -0.25) is 14.4 Å². The molecule has 2 heterocycles. The zero-order chi connectivity index (χ0) is 16.5. The van der Waals surface area contributed by atoms with Crippen LogP contribution in [-0.2, 0) is 7.05 Å². The first-order valence-electron chi connectivity index (χ1n) is 8.26. The van der Waals surface area contributed by atoms with Crippen molar-refractivity contribution in [2.75, 3.05) is 19.6 Å². The summed E-state index contributed by atoms with van der Waals surface area (Å²) < 4.78 is 1.77. The van der Waals surface area contributed by atoms with Gasteiger partial charge < -0.3 is 5.32 Å². The number of rotatable bonds is 4. The molecule has 0 spiro atoms. The maximum Gasteiger partial charge on any atom is 0.255 e. The van der Waals surface area contributed by atoms with Gasteiger partial charge in [0.25, 0.3) is 5.91 Å². The Morgan fingerprint density at radius 2 is 2.09 bits per heavy atom. The summed E-state index contributed by atoms with van der Waals surface area (Å²) in [5.74, 6) is 0.729. The molecule has 0 aliphatic carbocycles. The number of nitrogens with one attached hydrogen (secondary N) is 1. The number of hydrogen-bond acceptors (Lipinski definition) is 3. The Labute approximate surface area is 134 Å². The number of piperidine rings is 1. The lowest BCUT2D eigenvalue weighted by atomic mass is 9.93. The Kier molecular flexibility index (Phi) is 4.95. The molecule has 1 aliphatic heterocycles. The highest BCUT2D eigenvalue weighted by atomic mass is 16.1. The number of carbonyl (C=O) groups excluding carboxylic acids is 1. The third kappa shape index (κ3) is 3.51. The van der Waals surface area contributed by atoms with Crippen molar-refractivity contribution >= 4 is 5.91 Å². The van der Waals surface area contributed by atoms with Crippen molar-refractivity contribution in [1.82, 2.24) is 20.0 Å². The van der Waals surface area contributed by atoms with Crippen molar-refractivity contribution in [3.8, 4) is 0 Å². The van der Waals surface area contributed by atoms with Crippen LogP contribution < -0.4 is 5.32 Å². The molecular weight excluding hydrogens is 276 g/mol. The van der Waals surface area contributed by atoms with E-state index in [1.807, 2.05) is 20.9 Å². The molecule has 1 atom stereocenters. The zero-order valence-corrected chi connectivity index (χ0v) is 14.9. The minimum atomic E-state index is -0.0195. The summed E-state index contributed by atoms with van der Waals surface area (Å²) in [5.41, 5.74) is 2.40. The molecule has 2 rings (SSSR count). The van der Waals surface area contributed by atoms with Gasteiger partial charge in [0.15, 0.2) is 0 Å². The number of hydrogen-bond donors (Lipinski definition) is 1. The van der Waals surface area contributed by atoms with E-state index in [9.17, 15) is 4.79 Å². The summed E-state index contributed by atoms with van der Waals surface area (Å²) in [7, 11) is 1.87. The Balaban J connectivity index is 2.00. The van der Waals surface area contributed by atoms with Gasteiger partial charge >= 0.3 is 0 Å². The number of carbonyl (C=O) groups is 1. The predicted molar refractivity (Wildman–Crippen MR) is 89.1 cm³/mol. The minimum Gasteiger partial charge on any atom is -0.350 e. The van der Waals surface area contributed by atoms with Gasteiger partial charge in [-0.05, 0) is 53.0 Å². The molecule has 0 radical (unpaired) electrons. The summed E-state index contributed by atoms with van der Waals surface area (Å²) in [4.78, 5) is 15.0. The van der Waals surface area contributed by atoms with Crippen LogP contribution in [0.1, 0.15) is 55.4 Å². The van der Waals surface area contributed by atoms with E-state index in [0.29, 0.717) is 12.1 Å². The fourth-order valence-corrected chi connectivity index (χ4v) is 3.34. The molecule has 0 unspecified atom stereocenters. The van der Waals surface area contributed by atoms with Gasteiger partial charge in [-0.15, -0.1) is 0 Å². The molecule has 1 amide bonds. The van der Waals surface area contributed by atoms with E-state index < -0.39 is 0 Å². The number of aryl methyl sites for hydroxylation is 2. The largest absolute Gasteiger partial charge is 0.350 e. The van der Waals surface area contributed by atoms with E-state index in [1.165, 1.54) is 12.8 Å². The molecule has 0 aromatic carbocycles.